The Morgan fingerprint density at radius 3 is 2.65 bits per heavy atom. The fourth-order valence-corrected chi connectivity index (χ4v) is 1.97. The molecule has 0 bridgehead atoms. The zero-order valence-corrected chi connectivity index (χ0v) is 11.0. The van der Waals surface area contributed by atoms with Gasteiger partial charge in [0, 0.05) is 11.8 Å². The van der Waals surface area contributed by atoms with Gasteiger partial charge in [-0.1, -0.05) is 30.3 Å². The van der Waals surface area contributed by atoms with Gasteiger partial charge in [-0.2, -0.15) is 0 Å². The Bertz CT molecular complexity index is 602. The molecule has 0 radical (unpaired) electrons. The van der Waals surface area contributed by atoms with Crippen molar-refractivity contribution in [3.63, 3.8) is 0 Å². The van der Waals surface area contributed by atoms with E-state index < -0.39 is 11.0 Å². The number of benzene rings is 1. The summed E-state index contributed by atoms with van der Waals surface area (Å²) >= 11 is 0. The van der Waals surface area contributed by atoms with Crippen LogP contribution in [-0.2, 0) is 0 Å². The first-order chi connectivity index (χ1) is 9.63. The van der Waals surface area contributed by atoms with E-state index >= 15 is 0 Å². The second-order valence-corrected chi connectivity index (χ2v) is 4.37. The third kappa shape index (κ3) is 2.92. The maximum Gasteiger partial charge on any atom is 0.314 e. The van der Waals surface area contributed by atoms with E-state index in [4.69, 9.17) is 0 Å². The van der Waals surface area contributed by atoms with Crippen LogP contribution < -0.4 is 5.32 Å². The normalized spacial score (nSPS) is 11.9. The van der Waals surface area contributed by atoms with E-state index in [1.54, 1.807) is 13.0 Å². The molecular formula is C14H15N3O3. The number of pyridine rings is 1. The minimum absolute atomic E-state index is 0.0677. The molecule has 6 nitrogen and oxygen atoms in total. The summed E-state index contributed by atoms with van der Waals surface area (Å²) in [5, 5.41) is 23.5. The molecule has 104 valence electrons. The Labute approximate surface area is 116 Å². The highest BCUT2D eigenvalue weighted by Gasteiger charge is 2.21. The van der Waals surface area contributed by atoms with E-state index in [-0.39, 0.29) is 18.1 Å². The summed E-state index contributed by atoms with van der Waals surface area (Å²) in [5.74, 6) is 0.165. The molecule has 0 fully saturated rings. The van der Waals surface area contributed by atoms with Crippen LogP contribution in [0, 0.1) is 17.0 Å². The molecule has 1 aromatic heterocycles. The van der Waals surface area contributed by atoms with E-state index in [1.807, 2.05) is 30.3 Å². The number of hydrogen-bond donors (Lipinski definition) is 2. The van der Waals surface area contributed by atoms with Gasteiger partial charge in [-0.25, -0.2) is 4.98 Å². The summed E-state index contributed by atoms with van der Waals surface area (Å²) in [4.78, 5) is 14.7. The molecule has 20 heavy (non-hydrogen) atoms. The third-order valence-corrected chi connectivity index (χ3v) is 3.00. The molecule has 0 saturated carbocycles. The van der Waals surface area contributed by atoms with Crippen molar-refractivity contribution in [1.29, 1.82) is 0 Å². The molecule has 2 rings (SSSR count). The Hall–Kier alpha value is -2.47. The molecule has 0 saturated heterocycles. The number of rotatable bonds is 5. The second-order valence-electron chi connectivity index (χ2n) is 4.37. The van der Waals surface area contributed by atoms with Crippen molar-refractivity contribution >= 4 is 11.5 Å². The molecule has 0 spiro atoms. The van der Waals surface area contributed by atoms with Gasteiger partial charge in [0.05, 0.1) is 17.6 Å². The van der Waals surface area contributed by atoms with Crippen molar-refractivity contribution in [2.45, 2.75) is 13.0 Å². The van der Waals surface area contributed by atoms with Crippen LogP contribution in [0.4, 0.5) is 11.5 Å². The minimum Gasteiger partial charge on any atom is -0.394 e. The maximum atomic E-state index is 11.1. The highest BCUT2D eigenvalue weighted by atomic mass is 16.6. The minimum atomic E-state index is -0.468. The van der Waals surface area contributed by atoms with E-state index in [9.17, 15) is 15.2 Å². The number of aliphatic hydroxyl groups is 1. The van der Waals surface area contributed by atoms with Gasteiger partial charge in [0.15, 0.2) is 0 Å². The summed E-state index contributed by atoms with van der Waals surface area (Å²) in [6, 6.07) is 10.4. The van der Waals surface area contributed by atoms with Gasteiger partial charge in [-0.3, -0.25) is 10.1 Å². The molecule has 6 heteroatoms. The van der Waals surface area contributed by atoms with Gasteiger partial charge in [-0.05, 0) is 18.6 Å². The quantitative estimate of drug-likeness (QED) is 0.645. The van der Waals surface area contributed by atoms with Crippen LogP contribution in [0.2, 0.25) is 0 Å². The number of anilines is 1. The first-order valence-corrected chi connectivity index (χ1v) is 6.16. The fraction of sp³-hybridized carbons (Fsp3) is 0.214. The molecule has 1 atom stereocenters. The van der Waals surface area contributed by atoms with Crippen LogP contribution in [0.15, 0.2) is 42.6 Å². The van der Waals surface area contributed by atoms with Gasteiger partial charge < -0.3 is 10.4 Å². The first kappa shape index (κ1) is 14.0. The monoisotopic (exact) mass is 273 g/mol. The topological polar surface area (TPSA) is 88.3 Å². The van der Waals surface area contributed by atoms with Gasteiger partial charge in [0.1, 0.15) is 0 Å². The molecule has 0 aliphatic carbocycles. The summed E-state index contributed by atoms with van der Waals surface area (Å²) in [7, 11) is 0. The predicted molar refractivity (Wildman–Crippen MR) is 75.5 cm³/mol. The molecular weight excluding hydrogens is 258 g/mol. The lowest BCUT2D eigenvalue weighted by molar-refractivity contribution is -0.384. The summed E-state index contributed by atoms with van der Waals surface area (Å²) in [6.45, 7) is 1.47. The maximum absolute atomic E-state index is 11.1. The van der Waals surface area contributed by atoms with Crippen molar-refractivity contribution in [1.82, 2.24) is 4.98 Å². The van der Waals surface area contributed by atoms with E-state index in [0.717, 1.165) is 5.56 Å². The molecule has 0 amide bonds. The number of aryl methyl sites for hydroxylation is 1. The highest BCUT2D eigenvalue weighted by molar-refractivity contribution is 5.60. The van der Waals surface area contributed by atoms with Crippen LogP contribution in [-0.4, -0.2) is 21.6 Å². The van der Waals surface area contributed by atoms with E-state index in [1.165, 1.54) is 6.20 Å². The average molecular weight is 273 g/mol. The Morgan fingerprint density at radius 1 is 1.35 bits per heavy atom. The number of aliphatic hydroxyl groups excluding tert-OH is 1. The van der Waals surface area contributed by atoms with Crippen molar-refractivity contribution < 1.29 is 10.0 Å². The molecule has 1 unspecified atom stereocenters. The van der Waals surface area contributed by atoms with Gasteiger partial charge in [-0.15, -0.1) is 0 Å². The second kappa shape index (κ2) is 6.12. The lowest BCUT2D eigenvalue weighted by Crippen LogP contribution is -2.16. The van der Waals surface area contributed by atoms with E-state index in [0.29, 0.717) is 5.56 Å². The SMILES string of the molecule is Cc1ccnc(NC(CO)c2ccccc2)c1[N+](=O)[O-]. The summed E-state index contributed by atoms with van der Waals surface area (Å²) < 4.78 is 0. The van der Waals surface area contributed by atoms with Crippen molar-refractivity contribution in [3.8, 4) is 0 Å². The largest absolute Gasteiger partial charge is 0.394 e. The predicted octanol–water partition coefficient (Wildman–Crippen LogP) is 2.44. The average Bonchev–Trinajstić information content (AvgIpc) is 2.45. The molecule has 1 aromatic carbocycles. The van der Waals surface area contributed by atoms with Crippen molar-refractivity contribution in [3.05, 3.63) is 63.8 Å². The summed E-state index contributed by atoms with van der Waals surface area (Å²) in [6.07, 6.45) is 1.50. The number of nitrogens with zero attached hydrogens (tertiary/aromatic N) is 2. The lowest BCUT2D eigenvalue weighted by Gasteiger charge is -2.17. The molecule has 1 heterocycles. The van der Waals surface area contributed by atoms with Crippen LogP contribution in [0.1, 0.15) is 17.2 Å². The highest BCUT2D eigenvalue weighted by Crippen LogP contribution is 2.28. The van der Waals surface area contributed by atoms with Crippen LogP contribution in [0.5, 0.6) is 0 Å². The number of nitrogens with one attached hydrogen (secondary N) is 1. The molecule has 0 aliphatic heterocycles. The van der Waals surface area contributed by atoms with Gasteiger partial charge in [0.25, 0.3) is 0 Å². The first-order valence-electron chi connectivity index (χ1n) is 6.16. The van der Waals surface area contributed by atoms with Crippen molar-refractivity contribution in [2.75, 3.05) is 11.9 Å². The Balaban J connectivity index is 2.33. The zero-order valence-electron chi connectivity index (χ0n) is 11.0. The smallest absolute Gasteiger partial charge is 0.314 e. The van der Waals surface area contributed by atoms with Crippen molar-refractivity contribution in [2.24, 2.45) is 0 Å². The Kier molecular flexibility index (Phi) is 4.27. The fourth-order valence-electron chi connectivity index (χ4n) is 1.97. The van der Waals surface area contributed by atoms with Crippen LogP contribution >= 0.6 is 0 Å². The number of hydrogen-bond acceptors (Lipinski definition) is 5. The number of aromatic nitrogens is 1. The Morgan fingerprint density at radius 2 is 2.05 bits per heavy atom. The van der Waals surface area contributed by atoms with E-state index in [2.05, 4.69) is 10.3 Å². The summed E-state index contributed by atoms with van der Waals surface area (Å²) in [5.41, 5.74) is 1.30. The third-order valence-electron chi connectivity index (χ3n) is 3.00. The standard InChI is InChI=1S/C14H15N3O3/c1-10-7-8-15-14(13(10)17(19)20)16-12(9-18)11-5-3-2-4-6-11/h2-8,12,18H,9H2,1H3,(H,15,16). The van der Waals surface area contributed by atoms with Crippen LogP contribution in [0.25, 0.3) is 0 Å². The zero-order chi connectivity index (χ0) is 14.5. The van der Waals surface area contributed by atoms with Crippen LogP contribution in [0.3, 0.4) is 0 Å². The molecule has 2 aromatic rings. The lowest BCUT2D eigenvalue weighted by atomic mass is 10.1. The molecule has 2 N–H and O–H groups in total. The number of nitro groups is 1. The van der Waals surface area contributed by atoms with Gasteiger partial charge >= 0.3 is 5.69 Å². The van der Waals surface area contributed by atoms with Gasteiger partial charge in [0.2, 0.25) is 5.82 Å². The molecule has 0 aliphatic rings.